The average Bonchev–Trinajstić information content (AvgIpc) is 2.24. The summed E-state index contributed by atoms with van der Waals surface area (Å²) in [5.41, 5.74) is 3.36. The highest BCUT2D eigenvalue weighted by Gasteiger charge is 2.02. The molecule has 0 saturated heterocycles. The molecule has 0 saturated carbocycles. The van der Waals surface area contributed by atoms with Crippen LogP contribution in [0.5, 0.6) is 0 Å². The van der Waals surface area contributed by atoms with E-state index >= 15 is 0 Å². The zero-order chi connectivity index (χ0) is 12.0. The van der Waals surface area contributed by atoms with Crippen LogP contribution in [0.2, 0.25) is 0 Å². The molecule has 0 unspecified atom stereocenters. The Kier molecular flexibility index (Phi) is 5.39. The van der Waals surface area contributed by atoms with Crippen molar-refractivity contribution in [3.63, 3.8) is 0 Å². The fourth-order valence-electron chi connectivity index (χ4n) is 1.42. The predicted octanol–water partition coefficient (Wildman–Crippen LogP) is 3.39. The van der Waals surface area contributed by atoms with Gasteiger partial charge in [0, 0.05) is 12.1 Å². The van der Waals surface area contributed by atoms with E-state index in [1.807, 2.05) is 18.2 Å². The molecule has 0 bridgehead atoms. The number of rotatable bonds is 5. The Balaban J connectivity index is 2.46. The van der Waals surface area contributed by atoms with Crippen molar-refractivity contribution < 1.29 is 4.79 Å². The third-order valence-electron chi connectivity index (χ3n) is 2.54. The lowest BCUT2D eigenvalue weighted by atomic mass is 10.1. The van der Waals surface area contributed by atoms with Gasteiger partial charge in [0.15, 0.2) is 0 Å². The van der Waals surface area contributed by atoms with E-state index in [0.29, 0.717) is 6.42 Å². The fourth-order valence-corrected chi connectivity index (χ4v) is 1.85. The van der Waals surface area contributed by atoms with E-state index in [1.165, 1.54) is 11.1 Å². The number of hydrogen-bond donors (Lipinski definition) is 1. The second-order valence-corrected chi connectivity index (χ2v) is 4.93. The summed E-state index contributed by atoms with van der Waals surface area (Å²) in [4.78, 5) is 11.6. The molecule has 0 heterocycles. The van der Waals surface area contributed by atoms with Crippen molar-refractivity contribution in [2.24, 2.45) is 0 Å². The maximum atomic E-state index is 11.6. The molecular weight excluding hydrogens is 218 g/mol. The highest BCUT2D eigenvalue weighted by molar-refractivity contribution is 7.98. The number of carbonyl (C=O) groups excluding carboxylic acids is 1. The van der Waals surface area contributed by atoms with Gasteiger partial charge in [0.25, 0.3) is 0 Å². The van der Waals surface area contributed by atoms with Crippen LogP contribution >= 0.6 is 11.8 Å². The first kappa shape index (κ1) is 13.1. The highest BCUT2D eigenvalue weighted by Crippen LogP contribution is 2.14. The Morgan fingerprint density at radius 1 is 1.31 bits per heavy atom. The molecular formula is C13H19NOS. The van der Waals surface area contributed by atoms with Gasteiger partial charge in [-0.05, 0) is 55.5 Å². The van der Waals surface area contributed by atoms with Crippen LogP contribution in [0.25, 0.3) is 0 Å². The Labute approximate surface area is 102 Å². The van der Waals surface area contributed by atoms with E-state index in [1.54, 1.807) is 11.8 Å². The molecule has 3 heteroatoms. The smallest absolute Gasteiger partial charge is 0.224 e. The molecule has 0 fully saturated rings. The number of aryl methyl sites for hydroxylation is 2. The van der Waals surface area contributed by atoms with Crippen LogP contribution in [0, 0.1) is 13.8 Å². The van der Waals surface area contributed by atoms with Crippen molar-refractivity contribution >= 4 is 23.4 Å². The summed E-state index contributed by atoms with van der Waals surface area (Å²) in [5.74, 6) is 1.15. The Hall–Kier alpha value is -0.960. The minimum Gasteiger partial charge on any atom is -0.326 e. The molecule has 1 amide bonds. The molecule has 0 spiro atoms. The number of thioether (sulfide) groups is 1. The first-order chi connectivity index (χ1) is 7.63. The molecule has 2 nitrogen and oxygen atoms in total. The van der Waals surface area contributed by atoms with Gasteiger partial charge in [0.2, 0.25) is 5.91 Å². The summed E-state index contributed by atoms with van der Waals surface area (Å²) in [6, 6.07) is 6.00. The van der Waals surface area contributed by atoms with Crippen LogP contribution in [0.1, 0.15) is 24.0 Å². The molecule has 1 N–H and O–H groups in total. The average molecular weight is 237 g/mol. The molecule has 1 aromatic rings. The normalized spacial score (nSPS) is 10.2. The second kappa shape index (κ2) is 6.59. The molecule has 0 radical (unpaired) electrons. The predicted molar refractivity (Wildman–Crippen MR) is 72.2 cm³/mol. The molecule has 1 aromatic carbocycles. The molecule has 88 valence electrons. The van der Waals surface area contributed by atoms with Gasteiger partial charge in [0.1, 0.15) is 0 Å². The van der Waals surface area contributed by atoms with E-state index in [-0.39, 0.29) is 5.91 Å². The van der Waals surface area contributed by atoms with Crippen LogP contribution < -0.4 is 5.32 Å². The number of benzene rings is 1. The van der Waals surface area contributed by atoms with Gasteiger partial charge in [-0.3, -0.25) is 4.79 Å². The standard InChI is InChI=1S/C13H19NOS/c1-10-6-7-12(9-11(10)2)14-13(15)5-4-8-16-3/h6-7,9H,4-5,8H2,1-3H3,(H,14,15). The maximum Gasteiger partial charge on any atom is 0.224 e. The van der Waals surface area contributed by atoms with Crippen LogP contribution in [-0.4, -0.2) is 17.9 Å². The summed E-state index contributed by atoms with van der Waals surface area (Å²) >= 11 is 1.77. The first-order valence-electron chi connectivity index (χ1n) is 5.49. The number of anilines is 1. The fraction of sp³-hybridized carbons (Fsp3) is 0.462. The lowest BCUT2D eigenvalue weighted by Crippen LogP contribution is -2.11. The van der Waals surface area contributed by atoms with Crippen molar-refractivity contribution in [1.29, 1.82) is 0 Å². The van der Waals surface area contributed by atoms with Gasteiger partial charge < -0.3 is 5.32 Å². The van der Waals surface area contributed by atoms with Crippen molar-refractivity contribution in [3.8, 4) is 0 Å². The number of hydrogen-bond acceptors (Lipinski definition) is 2. The lowest BCUT2D eigenvalue weighted by Gasteiger charge is -2.07. The lowest BCUT2D eigenvalue weighted by molar-refractivity contribution is -0.116. The molecule has 1 rings (SSSR count). The van der Waals surface area contributed by atoms with E-state index in [0.717, 1.165) is 17.9 Å². The largest absolute Gasteiger partial charge is 0.326 e. The van der Waals surface area contributed by atoms with Crippen LogP contribution in [0.4, 0.5) is 5.69 Å². The SMILES string of the molecule is CSCCCC(=O)Nc1ccc(C)c(C)c1. The quantitative estimate of drug-likeness (QED) is 0.795. The highest BCUT2D eigenvalue weighted by atomic mass is 32.2. The third kappa shape index (κ3) is 4.27. The minimum atomic E-state index is 0.109. The first-order valence-corrected chi connectivity index (χ1v) is 6.89. The maximum absolute atomic E-state index is 11.6. The minimum absolute atomic E-state index is 0.109. The number of carbonyl (C=O) groups is 1. The van der Waals surface area contributed by atoms with Crippen molar-refractivity contribution in [2.75, 3.05) is 17.3 Å². The van der Waals surface area contributed by atoms with Crippen LogP contribution in [0.3, 0.4) is 0 Å². The van der Waals surface area contributed by atoms with E-state index in [4.69, 9.17) is 0 Å². The zero-order valence-electron chi connectivity index (χ0n) is 10.2. The summed E-state index contributed by atoms with van der Waals surface area (Å²) in [7, 11) is 0. The Bertz CT molecular complexity index is 363. The van der Waals surface area contributed by atoms with Gasteiger partial charge in [-0.15, -0.1) is 0 Å². The van der Waals surface area contributed by atoms with Crippen LogP contribution in [-0.2, 0) is 4.79 Å². The van der Waals surface area contributed by atoms with Gasteiger partial charge >= 0.3 is 0 Å². The monoisotopic (exact) mass is 237 g/mol. The molecule has 16 heavy (non-hydrogen) atoms. The summed E-state index contributed by atoms with van der Waals surface area (Å²) in [5, 5.41) is 2.92. The molecule has 0 aliphatic carbocycles. The van der Waals surface area contributed by atoms with Gasteiger partial charge in [-0.1, -0.05) is 6.07 Å². The zero-order valence-corrected chi connectivity index (χ0v) is 11.0. The number of nitrogens with one attached hydrogen (secondary N) is 1. The van der Waals surface area contributed by atoms with E-state index in [9.17, 15) is 4.79 Å². The van der Waals surface area contributed by atoms with Crippen LogP contribution in [0.15, 0.2) is 18.2 Å². The summed E-state index contributed by atoms with van der Waals surface area (Å²) in [6.45, 7) is 4.12. The Morgan fingerprint density at radius 2 is 2.06 bits per heavy atom. The second-order valence-electron chi connectivity index (χ2n) is 3.94. The Morgan fingerprint density at radius 3 is 2.69 bits per heavy atom. The van der Waals surface area contributed by atoms with E-state index in [2.05, 4.69) is 25.4 Å². The van der Waals surface area contributed by atoms with Crippen molar-refractivity contribution in [1.82, 2.24) is 0 Å². The van der Waals surface area contributed by atoms with Crippen molar-refractivity contribution in [2.45, 2.75) is 26.7 Å². The van der Waals surface area contributed by atoms with E-state index < -0.39 is 0 Å². The molecule has 0 aliphatic rings. The van der Waals surface area contributed by atoms with Crippen molar-refractivity contribution in [3.05, 3.63) is 29.3 Å². The summed E-state index contributed by atoms with van der Waals surface area (Å²) < 4.78 is 0. The number of amides is 1. The van der Waals surface area contributed by atoms with Gasteiger partial charge in [0.05, 0.1) is 0 Å². The third-order valence-corrected chi connectivity index (χ3v) is 3.24. The molecule has 0 atom stereocenters. The molecule has 0 aromatic heterocycles. The molecule has 0 aliphatic heterocycles. The summed E-state index contributed by atoms with van der Waals surface area (Å²) in [6.07, 6.45) is 3.60. The topological polar surface area (TPSA) is 29.1 Å². The van der Waals surface area contributed by atoms with Gasteiger partial charge in [-0.25, -0.2) is 0 Å². The van der Waals surface area contributed by atoms with Gasteiger partial charge in [-0.2, -0.15) is 11.8 Å².